The standard InChI is InChI=1S/C8H10N2O4/c11-6-3-5-10(8(14)9-6)4-1-2-7(12)13/h3,5H,1-2,4H2,(H,12,13)(H,9,11,14)/p-1. The molecule has 0 aliphatic rings. The molecule has 0 aliphatic heterocycles. The van der Waals surface area contributed by atoms with Crippen LogP contribution < -0.4 is 16.4 Å². The summed E-state index contributed by atoms with van der Waals surface area (Å²) in [5.41, 5.74) is -0.998. The van der Waals surface area contributed by atoms with Gasteiger partial charge in [-0.1, -0.05) is 0 Å². The Morgan fingerprint density at radius 1 is 1.50 bits per heavy atom. The second-order valence-electron chi connectivity index (χ2n) is 2.78. The SMILES string of the molecule is O=C([O-])CCCn1ccc(=O)[nH]c1=O. The molecule has 1 N–H and O–H groups in total. The van der Waals surface area contributed by atoms with Gasteiger partial charge in [-0.15, -0.1) is 0 Å². The highest BCUT2D eigenvalue weighted by Gasteiger charge is 1.95. The molecular formula is C8H9N2O4-. The molecule has 0 bridgehead atoms. The number of carboxylic acid groups (broad SMARTS) is 1. The van der Waals surface area contributed by atoms with Crippen molar-refractivity contribution in [2.24, 2.45) is 0 Å². The van der Waals surface area contributed by atoms with Gasteiger partial charge in [0.2, 0.25) is 0 Å². The van der Waals surface area contributed by atoms with E-state index in [4.69, 9.17) is 0 Å². The van der Waals surface area contributed by atoms with E-state index < -0.39 is 17.2 Å². The van der Waals surface area contributed by atoms with Gasteiger partial charge in [-0.05, 0) is 12.8 Å². The third-order valence-corrected chi connectivity index (χ3v) is 1.68. The molecule has 0 spiro atoms. The fourth-order valence-corrected chi connectivity index (χ4v) is 1.01. The number of aryl methyl sites for hydroxylation is 1. The van der Waals surface area contributed by atoms with Gasteiger partial charge in [0, 0.05) is 24.8 Å². The van der Waals surface area contributed by atoms with Gasteiger partial charge in [0.15, 0.2) is 0 Å². The summed E-state index contributed by atoms with van der Waals surface area (Å²) in [6.07, 6.45) is 1.52. The number of aromatic nitrogens is 2. The van der Waals surface area contributed by atoms with Crippen molar-refractivity contribution in [3.8, 4) is 0 Å². The predicted octanol–water partition coefficient (Wildman–Crippen LogP) is -1.93. The first-order valence-corrected chi connectivity index (χ1v) is 4.09. The second-order valence-corrected chi connectivity index (χ2v) is 2.78. The molecule has 0 aromatic carbocycles. The zero-order valence-corrected chi connectivity index (χ0v) is 7.36. The minimum atomic E-state index is -1.15. The second kappa shape index (κ2) is 4.40. The lowest BCUT2D eigenvalue weighted by Gasteiger charge is -2.04. The van der Waals surface area contributed by atoms with Gasteiger partial charge < -0.3 is 14.5 Å². The molecule has 0 fully saturated rings. The minimum Gasteiger partial charge on any atom is -0.550 e. The number of hydrogen-bond acceptors (Lipinski definition) is 4. The summed E-state index contributed by atoms with van der Waals surface area (Å²) in [5, 5.41) is 10.1. The number of carboxylic acids is 1. The van der Waals surface area contributed by atoms with E-state index in [2.05, 4.69) is 4.98 Å². The van der Waals surface area contributed by atoms with Crippen LogP contribution in [0.25, 0.3) is 0 Å². The topological polar surface area (TPSA) is 95.0 Å². The van der Waals surface area contributed by atoms with Crippen molar-refractivity contribution in [1.82, 2.24) is 9.55 Å². The molecule has 0 atom stereocenters. The van der Waals surface area contributed by atoms with Gasteiger partial charge in [0.05, 0.1) is 0 Å². The fraction of sp³-hybridized carbons (Fsp3) is 0.375. The van der Waals surface area contributed by atoms with Crippen LogP contribution in [0.3, 0.4) is 0 Å². The average molecular weight is 197 g/mol. The van der Waals surface area contributed by atoms with Crippen LogP contribution >= 0.6 is 0 Å². The molecule has 6 nitrogen and oxygen atoms in total. The largest absolute Gasteiger partial charge is 0.550 e. The van der Waals surface area contributed by atoms with E-state index in [-0.39, 0.29) is 13.0 Å². The van der Waals surface area contributed by atoms with Gasteiger partial charge >= 0.3 is 5.69 Å². The number of nitrogens with one attached hydrogen (secondary N) is 1. The average Bonchev–Trinajstić information content (AvgIpc) is 2.08. The molecule has 0 aliphatic carbocycles. The summed E-state index contributed by atoms with van der Waals surface area (Å²) in [7, 11) is 0. The summed E-state index contributed by atoms with van der Waals surface area (Å²) in [4.78, 5) is 33.8. The lowest BCUT2D eigenvalue weighted by Crippen LogP contribution is -2.29. The Morgan fingerprint density at radius 3 is 2.79 bits per heavy atom. The number of nitrogens with zero attached hydrogens (tertiary/aromatic N) is 1. The van der Waals surface area contributed by atoms with E-state index in [9.17, 15) is 19.5 Å². The maximum atomic E-state index is 11.1. The first-order chi connectivity index (χ1) is 6.59. The van der Waals surface area contributed by atoms with Crippen molar-refractivity contribution in [1.29, 1.82) is 0 Å². The minimum absolute atomic E-state index is 0.106. The van der Waals surface area contributed by atoms with Crippen LogP contribution in [-0.2, 0) is 11.3 Å². The molecule has 1 rings (SSSR count). The Kier molecular flexibility index (Phi) is 3.22. The molecule has 14 heavy (non-hydrogen) atoms. The van der Waals surface area contributed by atoms with Crippen molar-refractivity contribution in [3.05, 3.63) is 33.1 Å². The molecule has 1 heterocycles. The van der Waals surface area contributed by atoms with E-state index in [0.29, 0.717) is 6.42 Å². The number of carbonyl (C=O) groups is 1. The number of H-pyrrole nitrogens is 1. The number of aromatic amines is 1. The molecule has 1 aromatic rings. The number of aliphatic carboxylic acids is 1. The summed E-state index contributed by atoms with van der Waals surface area (Å²) < 4.78 is 1.24. The van der Waals surface area contributed by atoms with Crippen molar-refractivity contribution >= 4 is 5.97 Å². The van der Waals surface area contributed by atoms with Crippen molar-refractivity contribution < 1.29 is 9.90 Å². The first kappa shape index (κ1) is 10.2. The molecule has 0 amide bonds. The lowest BCUT2D eigenvalue weighted by atomic mass is 10.3. The molecule has 0 saturated carbocycles. The summed E-state index contributed by atoms with van der Waals surface area (Å²) >= 11 is 0. The lowest BCUT2D eigenvalue weighted by molar-refractivity contribution is -0.305. The van der Waals surface area contributed by atoms with Crippen LogP contribution in [0.2, 0.25) is 0 Å². The molecule has 76 valence electrons. The molecule has 1 aromatic heterocycles. The van der Waals surface area contributed by atoms with Gasteiger partial charge in [-0.3, -0.25) is 9.78 Å². The molecule has 0 radical (unpaired) electrons. The van der Waals surface area contributed by atoms with Crippen LogP contribution in [0.1, 0.15) is 12.8 Å². The van der Waals surface area contributed by atoms with Crippen molar-refractivity contribution in [3.63, 3.8) is 0 Å². The van der Waals surface area contributed by atoms with Crippen molar-refractivity contribution in [2.45, 2.75) is 19.4 Å². The number of carbonyl (C=O) groups excluding carboxylic acids is 1. The van der Waals surface area contributed by atoms with Crippen LogP contribution in [-0.4, -0.2) is 15.5 Å². The molecular weight excluding hydrogens is 188 g/mol. The van der Waals surface area contributed by atoms with Gasteiger partial charge in [-0.2, -0.15) is 0 Å². The highest BCUT2D eigenvalue weighted by Crippen LogP contribution is 1.89. The maximum absolute atomic E-state index is 11.1. The Balaban J connectivity index is 2.64. The molecule has 6 heteroatoms. The van der Waals surface area contributed by atoms with E-state index in [1.807, 2.05) is 0 Å². The monoisotopic (exact) mass is 197 g/mol. The van der Waals surface area contributed by atoms with Crippen LogP contribution in [0.5, 0.6) is 0 Å². The highest BCUT2D eigenvalue weighted by molar-refractivity contribution is 5.63. The van der Waals surface area contributed by atoms with Gasteiger partial charge in [0.1, 0.15) is 0 Å². The zero-order valence-electron chi connectivity index (χ0n) is 7.36. The Hall–Kier alpha value is -1.85. The van der Waals surface area contributed by atoms with E-state index >= 15 is 0 Å². The smallest absolute Gasteiger partial charge is 0.328 e. The van der Waals surface area contributed by atoms with Crippen molar-refractivity contribution in [2.75, 3.05) is 0 Å². The summed E-state index contributed by atoms with van der Waals surface area (Å²) in [6.45, 7) is 0.254. The predicted molar refractivity (Wildman–Crippen MR) is 45.6 cm³/mol. The Morgan fingerprint density at radius 2 is 2.21 bits per heavy atom. The van der Waals surface area contributed by atoms with Crippen LogP contribution in [0.4, 0.5) is 0 Å². The third-order valence-electron chi connectivity index (χ3n) is 1.68. The summed E-state index contributed by atoms with van der Waals surface area (Å²) in [6, 6.07) is 1.21. The third kappa shape index (κ3) is 2.89. The number of hydrogen-bond donors (Lipinski definition) is 1. The Labute approximate surface area is 78.8 Å². The molecule has 0 saturated heterocycles. The van der Waals surface area contributed by atoms with Gasteiger partial charge in [0.25, 0.3) is 5.56 Å². The maximum Gasteiger partial charge on any atom is 0.328 e. The van der Waals surface area contributed by atoms with E-state index in [1.165, 1.54) is 16.8 Å². The quantitative estimate of drug-likeness (QED) is 0.607. The van der Waals surface area contributed by atoms with E-state index in [0.717, 1.165) is 0 Å². The number of rotatable bonds is 4. The normalized spacial score (nSPS) is 10.0. The summed E-state index contributed by atoms with van der Waals surface area (Å²) in [5.74, 6) is -1.15. The van der Waals surface area contributed by atoms with Crippen LogP contribution in [0, 0.1) is 0 Å². The molecule has 0 unspecified atom stereocenters. The van der Waals surface area contributed by atoms with Gasteiger partial charge in [-0.25, -0.2) is 4.79 Å². The van der Waals surface area contributed by atoms with E-state index in [1.54, 1.807) is 0 Å². The fourth-order valence-electron chi connectivity index (χ4n) is 1.01. The van der Waals surface area contributed by atoms with Crippen LogP contribution in [0.15, 0.2) is 21.9 Å². The Bertz CT molecular complexity index is 431. The first-order valence-electron chi connectivity index (χ1n) is 4.09. The highest BCUT2D eigenvalue weighted by atomic mass is 16.4. The zero-order chi connectivity index (χ0) is 10.6.